The van der Waals surface area contributed by atoms with Crippen LogP contribution in [0.15, 0.2) is 59.5 Å². The van der Waals surface area contributed by atoms with Crippen molar-refractivity contribution >= 4 is 62.3 Å². The Morgan fingerprint density at radius 1 is 0.826 bits per heavy atom. The molecular weight excluding hydrogens is 677 g/mol. The maximum absolute atomic E-state index is 14.4. The van der Waals surface area contributed by atoms with E-state index in [9.17, 15) is 18.0 Å². The lowest BCUT2D eigenvalue weighted by atomic mass is 10.1. The third-order valence-corrected chi connectivity index (χ3v) is 9.95. The minimum absolute atomic E-state index is 0.0136. The standard InChI is InChI=1S/C32H38Cl3N3O7S/c1-7-20(3)36-32(40)26(8-2)37(18-21-9-10-22(33)15-25(21)35)31(39)19-38(27-16-23(34)11-13-28(27)43-4)46(41,42)24-12-14-29(44-5)30(17-24)45-6/h9-17,20,26H,7-8,18-19H2,1-6H3,(H,36,40)/t20-,26+/m1/s1. The number of sulfonamides is 1. The molecule has 10 nitrogen and oxygen atoms in total. The van der Waals surface area contributed by atoms with Crippen LogP contribution in [0.4, 0.5) is 5.69 Å². The van der Waals surface area contributed by atoms with Gasteiger partial charge in [0.1, 0.15) is 18.3 Å². The van der Waals surface area contributed by atoms with E-state index in [1.54, 1.807) is 19.1 Å². The Kier molecular flexibility index (Phi) is 13.3. The Labute approximate surface area is 285 Å². The molecule has 2 atom stereocenters. The number of nitrogens with zero attached hydrogens (tertiary/aromatic N) is 2. The molecular formula is C32H38Cl3N3O7S. The average molecular weight is 715 g/mol. The molecule has 3 rings (SSSR count). The highest BCUT2D eigenvalue weighted by Crippen LogP contribution is 2.37. The second-order valence-electron chi connectivity index (χ2n) is 10.3. The summed E-state index contributed by atoms with van der Waals surface area (Å²) in [6.45, 7) is 4.74. The molecule has 3 aromatic rings. The highest BCUT2D eigenvalue weighted by Gasteiger charge is 2.35. The summed E-state index contributed by atoms with van der Waals surface area (Å²) in [5.74, 6) is -0.434. The fourth-order valence-corrected chi connectivity index (χ4v) is 6.74. The van der Waals surface area contributed by atoms with Crippen molar-refractivity contribution in [3.05, 3.63) is 75.2 Å². The minimum atomic E-state index is -4.48. The predicted molar refractivity (Wildman–Crippen MR) is 181 cm³/mol. The van der Waals surface area contributed by atoms with Crippen LogP contribution in [0, 0.1) is 0 Å². The van der Waals surface area contributed by atoms with Gasteiger partial charge in [-0.25, -0.2) is 8.42 Å². The lowest BCUT2D eigenvalue weighted by molar-refractivity contribution is -0.140. The number of hydrogen-bond acceptors (Lipinski definition) is 7. The monoisotopic (exact) mass is 713 g/mol. The van der Waals surface area contributed by atoms with Crippen LogP contribution in [0.3, 0.4) is 0 Å². The number of rotatable bonds is 15. The third kappa shape index (κ3) is 8.70. The molecule has 0 saturated carbocycles. The Hall–Kier alpha value is -3.38. The normalized spacial score (nSPS) is 12.5. The quantitative estimate of drug-likeness (QED) is 0.189. The maximum atomic E-state index is 14.4. The van der Waals surface area contributed by atoms with Crippen molar-refractivity contribution < 1.29 is 32.2 Å². The number of benzene rings is 3. The number of amides is 2. The SMILES string of the molecule is CC[C@@H](C)NC(=O)[C@H](CC)N(Cc1ccc(Cl)cc1Cl)C(=O)CN(c1cc(Cl)ccc1OC)S(=O)(=O)c1ccc(OC)c(OC)c1. The van der Waals surface area contributed by atoms with Gasteiger partial charge < -0.3 is 24.4 Å². The highest BCUT2D eigenvalue weighted by atomic mass is 35.5. The van der Waals surface area contributed by atoms with E-state index in [1.807, 2.05) is 13.8 Å². The van der Waals surface area contributed by atoms with Gasteiger partial charge >= 0.3 is 0 Å². The molecule has 0 fully saturated rings. The van der Waals surface area contributed by atoms with Crippen molar-refractivity contribution in [2.75, 3.05) is 32.2 Å². The van der Waals surface area contributed by atoms with Gasteiger partial charge in [0.15, 0.2) is 11.5 Å². The van der Waals surface area contributed by atoms with E-state index in [4.69, 9.17) is 49.0 Å². The first-order valence-electron chi connectivity index (χ1n) is 14.4. The van der Waals surface area contributed by atoms with Gasteiger partial charge in [-0.05, 0) is 67.8 Å². The Morgan fingerprint density at radius 3 is 2.02 bits per heavy atom. The van der Waals surface area contributed by atoms with Gasteiger partial charge in [-0.1, -0.05) is 54.7 Å². The van der Waals surface area contributed by atoms with Crippen LogP contribution in [-0.2, 0) is 26.2 Å². The first-order chi connectivity index (χ1) is 21.8. The molecule has 0 aromatic heterocycles. The molecule has 0 aliphatic heterocycles. The Balaban J connectivity index is 2.20. The number of hydrogen-bond donors (Lipinski definition) is 1. The number of halogens is 3. The molecule has 1 N–H and O–H groups in total. The molecule has 3 aromatic carbocycles. The van der Waals surface area contributed by atoms with Gasteiger partial charge in [0.2, 0.25) is 11.8 Å². The van der Waals surface area contributed by atoms with Crippen LogP contribution in [0.25, 0.3) is 0 Å². The minimum Gasteiger partial charge on any atom is -0.495 e. The van der Waals surface area contributed by atoms with Crippen molar-refractivity contribution in [1.82, 2.24) is 10.2 Å². The van der Waals surface area contributed by atoms with Gasteiger partial charge in [0, 0.05) is 33.7 Å². The second kappa shape index (κ2) is 16.4. The Bertz CT molecular complexity index is 1660. The van der Waals surface area contributed by atoms with E-state index in [0.29, 0.717) is 22.8 Å². The summed E-state index contributed by atoms with van der Waals surface area (Å²) in [5.41, 5.74) is 0.531. The van der Waals surface area contributed by atoms with Crippen LogP contribution < -0.4 is 23.8 Å². The molecule has 0 unspecified atom stereocenters. The molecule has 0 saturated heterocycles. The van der Waals surface area contributed by atoms with E-state index < -0.39 is 28.5 Å². The van der Waals surface area contributed by atoms with Crippen LogP contribution in [0.5, 0.6) is 17.2 Å². The topological polar surface area (TPSA) is 114 Å². The molecule has 14 heteroatoms. The van der Waals surface area contributed by atoms with E-state index in [1.165, 1.54) is 68.7 Å². The van der Waals surface area contributed by atoms with Gasteiger partial charge in [-0.2, -0.15) is 0 Å². The number of ether oxygens (including phenoxy) is 3. The maximum Gasteiger partial charge on any atom is 0.265 e. The molecule has 46 heavy (non-hydrogen) atoms. The zero-order chi connectivity index (χ0) is 34.2. The van der Waals surface area contributed by atoms with Gasteiger partial charge in [0.05, 0.1) is 31.9 Å². The van der Waals surface area contributed by atoms with Crippen LogP contribution in [0.1, 0.15) is 39.2 Å². The van der Waals surface area contributed by atoms with Gasteiger partial charge in [-0.3, -0.25) is 13.9 Å². The van der Waals surface area contributed by atoms with E-state index in [2.05, 4.69) is 5.32 Å². The molecule has 0 radical (unpaired) electrons. The number of carbonyl (C=O) groups is 2. The number of methoxy groups -OCH3 is 3. The summed E-state index contributed by atoms with van der Waals surface area (Å²) >= 11 is 18.9. The smallest absolute Gasteiger partial charge is 0.265 e. The summed E-state index contributed by atoms with van der Waals surface area (Å²) in [4.78, 5) is 29.1. The number of nitrogens with one attached hydrogen (secondary N) is 1. The lowest BCUT2D eigenvalue weighted by Gasteiger charge is -2.34. The molecule has 0 bridgehead atoms. The predicted octanol–water partition coefficient (Wildman–Crippen LogP) is 6.59. The fourth-order valence-electron chi connectivity index (χ4n) is 4.67. The lowest BCUT2D eigenvalue weighted by Crippen LogP contribution is -2.53. The molecule has 0 aliphatic rings. The molecule has 0 aliphatic carbocycles. The summed E-state index contributed by atoms with van der Waals surface area (Å²) in [5, 5.41) is 3.82. The summed E-state index contributed by atoms with van der Waals surface area (Å²) < 4.78 is 45.8. The second-order valence-corrected chi connectivity index (χ2v) is 13.5. The van der Waals surface area contributed by atoms with E-state index in [0.717, 1.165) is 4.31 Å². The van der Waals surface area contributed by atoms with E-state index in [-0.39, 0.29) is 57.0 Å². The van der Waals surface area contributed by atoms with Gasteiger partial charge in [-0.15, -0.1) is 0 Å². The summed E-state index contributed by atoms with van der Waals surface area (Å²) in [7, 11) is -0.305. The van der Waals surface area contributed by atoms with Crippen LogP contribution in [0.2, 0.25) is 15.1 Å². The zero-order valence-electron chi connectivity index (χ0n) is 26.5. The first kappa shape index (κ1) is 37.1. The van der Waals surface area contributed by atoms with Crippen molar-refractivity contribution in [3.8, 4) is 17.2 Å². The van der Waals surface area contributed by atoms with Crippen LogP contribution >= 0.6 is 34.8 Å². The highest BCUT2D eigenvalue weighted by molar-refractivity contribution is 7.92. The van der Waals surface area contributed by atoms with Crippen molar-refractivity contribution in [2.24, 2.45) is 0 Å². The molecule has 2 amide bonds. The first-order valence-corrected chi connectivity index (χ1v) is 17.0. The summed E-state index contributed by atoms with van der Waals surface area (Å²) in [6, 6.07) is 12.2. The number of anilines is 1. The van der Waals surface area contributed by atoms with Crippen molar-refractivity contribution in [2.45, 2.75) is 57.1 Å². The zero-order valence-corrected chi connectivity index (χ0v) is 29.6. The molecule has 0 heterocycles. The molecule has 250 valence electrons. The van der Waals surface area contributed by atoms with Crippen molar-refractivity contribution in [3.63, 3.8) is 0 Å². The largest absolute Gasteiger partial charge is 0.495 e. The average Bonchev–Trinajstić information content (AvgIpc) is 3.03. The van der Waals surface area contributed by atoms with Gasteiger partial charge in [0.25, 0.3) is 10.0 Å². The molecule has 0 spiro atoms. The van der Waals surface area contributed by atoms with Crippen molar-refractivity contribution in [1.29, 1.82) is 0 Å². The Morgan fingerprint density at radius 2 is 1.43 bits per heavy atom. The number of carbonyl (C=O) groups excluding carboxylic acids is 2. The van der Waals surface area contributed by atoms with Crippen LogP contribution in [-0.4, -0.2) is 65.1 Å². The third-order valence-electron chi connectivity index (χ3n) is 7.37. The summed E-state index contributed by atoms with van der Waals surface area (Å²) in [6.07, 6.45) is 0.910. The fraction of sp³-hybridized carbons (Fsp3) is 0.375. The van der Waals surface area contributed by atoms with E-state index >= 15 is 0 Å².